The van der Waals surface area contributed by atoms with Crippen molar-refractivity contribution in [3.8, 4) is 0 Å². The second-order valence-corrected chi connectivity index (χ2v) is 7.19. The van der Waals surface area contributed by atoms with Crippen molar-refractivity contribution in [1.29, 1.82) is 0 Å². The molecule has 3 unspecified atom stereocenters. The van der Waals surface area contributed by atoms with Gasteiger partial charge in [-0.15, -0.1) is 11.8 Å². The van der Waals surface area contributed by atoms with Crippen LogP contribution in [0.15, 0.2) is 23.1 Å². The molecule has 1 N–H and O–H groups in total. The molecule has 0 heterocycles. The number of hydrogen-bond donors (Lipinski definition) is 1. The van der Waals surface area contributed by atoms with Crippen molar-refractivity contribution in [2.45, 2.75) is 30.6 Å². The Morgan fingerprint density at radius 3 is 2.84 bits per heavy atom. The van der Waals surface area contributed by atoms with Crippen molar-refractivity contribution < 1.29 is 9.90 Å². The number of hydrogen-bond acceptors (Lipinski definition) is 2. The van der Waals surface area contributed by atoms with Gasteiger partial charge in [0.1, 0.15) is 0 Å². The molecule has 2 aliphatic carbocycles. The first-order chi connectivity index (χ1) is 9.13. The molecule has 0 saturated heterocycles. The Labute approximate surface area is 122 Å². The van der Waals surface area contributed by atoms with E-state index in [9.17, 15) is 4.79 Å². The van der Waals surface area contributed by atoms with Gasteiger partial charge >= 0.3 is 5.97 Å². The van der Waals surface area contributed by atoms with Crippen LogP contribution in [0.1, 0.15) is 36.0 Å². The summed E-state index contributed by atoms with van der Waals surface area (Å²) < 4.78 is 0. The number of benzene rings is 1. The fourth-order valence-corrected chi connectivity index (χ4v) is 4.92. The maximum atomic E-state index is 11.0. The Morgan fingerprint density at radius 1 is 1.37 bits per heavy atom. The van der Waals surface area contributed by atoms with Crippen molar-refractivity contribution in [3.05, 3.63) is 28.8 Å². The van der Waals surface area contributed by atoms with E-state index in [1.165, 1.54) is 25.7 Å². The van der Waals surface area contributed by atoms with Gasteiger partial charge in [0.05, 0.1) is 10.6 Å². The Hall–Kier alpha value is -0.670. The van der Waals surface area contributed by atoms with E-state index in [2.05, 4.69) is 0 Å². The van der Waals surface area contributed by atoms with Gasteiger partial charge in [-0.05, 0) is 55.2 Å². The number of carbonyl (C=O) groups is 1. The average Bonchev–Trinajstić information content (AvgIpc) is 2.99. The highest BCUT2D eigenvalue weighted by atomic mass is 35.5. The molecule has 0 radical (unpaired) electrons. The molecule has 1 aromatic rings. The van der Waals surface area contributed by atoms with Gasteiger partial charge in [0, 0.05) is 10.6 Å². The summed E-state index contributed by atoms with van der Waals surface area (Å²) in [6.07, 6.45) is 5.62. The highest BCUT2D eigenvalue weighted by molar-refractivity contribution is 7.99. The summed E-state index contributed by atoms with van der Waals surface area (Å²) in [5.74, 6) is 2.88. The van der Waals surface area contributed by atoms with Crippen LogP contribution in [0.3, 0.4) is 0 Å². The van der Waals surface area contributed by atoms with Gasteiger partial charge in [-0.2, -0.15) is 0 Å². The van der Waals surface area contributed by atoms with Gasteiger partial charge in [-0.3, -0.25) is 0 Å². The number of halogens is 1. The summed E-state index contributed by atoms with van der Waals surface area (Å²) >= 11 is 7.66. The van der Waals surface area contributed by atoms with Crippen molar-refractivity contribution in [1.82, 2.24) is 0 Å². The standard InChI is InChI=1S/C15H17ClO2S/c16-14-4-3-12(7-13(14)15(17)18)19-8-11-6-9-1-2-10(11)5-9/h3-4,7,9-11H,1-2,5-6,8H2,(H,17,18). The van der Waals surface area contributed by atoms with E-state index in [1.54, 1.807) is 23.9 Å². The van der Waals surface area contributed by atoms with E-state index >= 15 is 0 Å². The monoisotopic (exact) mass is 296 g/mol. The number of rotatable bonds is 4. The van der Waals surface area contributed by atoms with E-state index in [0.29, 0.717) is 5.02 Å². The smallest absolute Gasteiger partial charge is 0.337 e. The maximum Gasteiger partial charge on any atom is 0.337 e. The topological polar surface area (TPSA) is 37.3 Å². The number of carboxylic acid groups (broad SMARTS) is 1. The molecule has 19 heavy (non-hydrogen) atoms. The van der Waals surface area contributed by atoms with Gasteiger partial charge in [-0.1, -0.05) is 18.0 Å². The lowest BCUT2D eigenvalue weighted by atomic mass is 9.90. The van der Waals surface area contributed by atoms with Crippen LogP contribution in [0.5, 0.6) is 0 Å². The van der Waals surface area contributed by atoms with Crippen molar-refractivity contribution in [2.24, 2.45) is 17.8 Å². The Balaban J connectivity index is 1.64. The minimum absolute atomic E-state index is 0.208. The predicted molar refractivity (Wildman–Crippen MR) is 78.1 cm³/mol. The van der Waals surface area contributed by atoms with Crippen LogP contribution in [-0.2, 0) is 0 Å². The quantitative estimate of drug-likeness (QED) is 0.827. The van der Waals surface area contributed by atoms with Gasteiger partial charge in [0.2, 0.25) is 0 Å². The highest BCUT2D eigenvalue weighted by Gasteiger charge is 2.39. The number of fused-ring (bicyclic) bond motifs is 2. The number of aromatic carboxylic acids is 1. The molecule has 2 aliphatic rings. The largest absolute Gasteiger partial charge is 0.478 e. The fourth-order valence-electron chi connectivity index (χ4n) is 3.54. The fraction of sp³-hybridized carbons (Fsp3) is 0.533. The lowest BCUT2D eigenvalue weighted by molar-refractivity contribution is 0.0697. The van der Waals surface area contributed by atoms with Crippen LogP contribution in [0.4, 0.5) is 0 Å². The minimum Gasteiger partial charge on any atom is -0.478 e. The molecule has 1 aromatic carbocycles. The second-order valence-electron chi connectivity index (χ2n) is 5.69. The third-order valence-electron chi connectivity index (χ3n) is 4.52. The molecule has 0 aliphatic heterocycles. The van der Waals surface area contributed by atoms with Crippen LogP contribution >= 0.6 is 23.4 Å². The van der Waals surface area contributed by atoms with Gasteiger partial charge < -0.3 is 5.11 Å². The molecule has 0 amide bonds. The van der Waals surface area contributed by atoms with Crippen molar-refractivity contribution >= 4 is 29.3 Å². The second kappa shape index (κ2) is 5.37. The molecule has 2 bridgehead atoms. The van der Waals surface area contributed by atoms with Crippen LogP contribution in [0.25, 0.3) is 0 Å². The molecular formula is C15H17ClO2S. The third-order valence-corrected chi connectivity index (χ3v) is 6.03. The molecule has 0 aromatic heterocycles. The van der Waals surface area contributed by atoms with Crippen LogP contribution < -0.4 is 0 Å². The van der Waals surface area contributed by atoms with E-state index in [-0.39, 0.29) is 5.56 Å². The molecular weight excluding hydrogens is 280 g/mol. The first-order valence-corrected chi connectivity index (χ1v) is 8.15. The summed E-state index contributed by atoms with van der Waals surface area (Å²) in [5, 5.41) is 9.38. The zero-order valence-electron chi connectivity index (χ0n) is 10.6. The first-order valence-electron chi connectivity index (χ1n) is 6.79. The van der Waals surface area contributed by atoms with Gasteiger partial charge in [0.15, 0.2) is 0 Å². The summed E-state index contributed by atoms with van der Waals surface area (Å²) in [5.41, 5.74) is 0.208. The predicted octanol–water partition coefficient (Wildman–Crippen LogP) is 4.57. The SMILES string of the molecule is O=C(O)c1cc(SCC2CC3CCC2C3)ccc1Cl. The van der Waals surface area contributed by atoms with Crippen molar-refractivity contribution in [2.75, 3.05) is 5.75 Å². The normalized spacial score (nSPS) is 28.8. The zero-order chi connectivity index (χ0) is 13.4. The summed E-state index contributed by atoms with van der Waals surface area (Å²) in [6.45, 7) is 0. The Morgan fingerprint density at radius 2 is 2.21 bits per heavy atom. The third kappa shape index (κ3) is 2.77. The molecule has 2 saturated carbocycles. The van der Waals surface area contributed by atoms with Gasteiger partial charge in [0.25, 0.3) is 0 Å². The highest BCUT2D eigenvalue weighted by Crippen LogP contribution is 2.49. The van der Waals surface area contributed by atoms with Crippen LogP contribution in [0, 0.1) is 17.8 Å². The Kier molecular flexibility index (Phi) is 3.77. The number of carboxylic acids is 1. The molecule has 102 valence electrons. The average molecular weight is 297 g/mol. The summed E-state index contributed by atoms with van der Waals surface area (Å²) in [6, 6.07) is 5.31. The molecule has 4 heteroatoms. The van der Waals surface area contributed by atoms with Gasteiger partial charge in [-0.25, -0.2) is 4.79 Å². The van der Waals surface area contributed by atoms with Crippen LogP contribution in [0.2, 0.25) is 5.02 Å². The molecule has 3 rings (SSSR count). The van der Waals surface area contributed by atoms with Crippen molar-refractivity contribution in [3.63, 3.8) is 0 Å². The molecule has 0 spiro atoms. The lowest BCUT2D eigenvalue weighted by Gasteiger charge is -2.21. The lowest BCUT2D eigenvalue weighted by Crippen LogP contribution is -2.12. The number of thioether (sulfide) groups is 1. The maximum absolute atomic E-state index is 11.0. The van der Waals surface area contributed by atoms with E-state index < -0.39 is 5.97 Å². The van der Waals surface area contributed by atoms with Crippen LogP contribution in [-0.4, -0.2) is 16.8 Å². The Bertz CT molecular complexity index is 503. The molecule has 2 nitrogen and oxygen atoms in total. The molecule has 2 fully saturated rings. The first kappa shape index (κ1) is 13.3. The van der Waals surface area contributed by atoms with E-state index in [4.69, 9.17) is 16.7 Å². The molecule has 3 atom stereocenters. The van der Waals surface area contributed by atoms with E-state index in [1.807, 2.05) is 6.07 Å². The minimum atomic E-state index is -0.952. The zero-order valence-corrected chi connectivity index (χ0v) is 12.2. The summed E-state index contributed by atoms with van der Waals surface area (Å²) in [4.78, 5) is 12.1. The summed E-state index contributed by atoms with van der Waals surface area (Å²) in [7, 11) is 0. The van der Waals surface area contributed by atoms with E-state index in [0.717, 1.165) is 28.4 Å².